The number of thiophene rings is 1. The first kappa shape index (κ1) is 12.3. The lowest BCUT2D eigenvalue weighted by Crippen LogP contribution is -2.24. The standard InChI is InChI=1S/C12H17N3OS/c1-9-11(7-14-15(9)2)12(8-16)13-6-10-4-3-5-17-10/h3-5,7,12-13,16H,6,8H2,1-2H3. The van der Waals surface area contributed by atoms with Crippen molar-refractivity contribution in [3.63, 3.8) is 0 Å². The van der Waals surface area contributed by atoms with E-state index < -0.39 is 0 Å². The third-order valence-electron chi connectivity index (χ3n) is 2.93. The van der Waals surface area contributed by atoms with E-state index in [0.717, 1.165) is 17.8 Å². The number of aryl methyl sites for hydroxylation is 1. The summed E-state index contributed by atoms with van der Waals surface area (Å²) in [6.45, 7) is 2.87. The topological polar surface area (TPSA) is 50.1 Å². The minimum atomic E-state index is -0.0502. The van der Waals surface area contributed by atoms with Gasteiger partial charge in [0.1, 0.15) is 0 Å². The zero-order valence-corrected chi connectivity index (χ0v) is 10.9. The highest BCUT2D eigenvalue weighted by molar-refractivity contribution is 7.09. The number of nitrogens with one attached hydrogen (secondary N) is 1. The van der Waals surface area contributed by atoms with Crippen LogP contribution in [0.4, 0.5) is 0 Å². The molecule has 92 valence electrons. The first-order valence-corrected chi connectivity index (χ1v) is 6.45. The fourth-order valence-electron chi connectivity index (χ4n) is 1.77. The second-order valence-corrected chi connectivity index (χ2v) is 5.04. The van der Waals surface area contributed by atoms with Gasteiger partial charge in [-0.1, -0.05) is 6.07 Å². The van der Waals surface area contributed by atoms with Gasteiger partial charge in [0.05, 0.1) is 18.8 Å². The fourth-order valence-corrected chi connectivity index (χ4v) is 2.42. The zero-order chi connectivity index (χ0) is 12.3. The van der Waals surface area contributed by atoms with Crippen molar-refractivity contribution in [1.82, 2.24) is 15.1 Å². The second kappa shape index (κ2) is 5.44. The van der Waals surface area contributed by atoms with Crippen LogP contribution in [0.25, 0.3) is 0 Å². The van der Waals surface area contributed by atoms with Gasteiger partial charge >= 0.3 is 0 Å². The van der Waals surface area contributed by atoms with Gasteiger partial charge in [-0.05, 0) is 18.4 Å². The molecule has 0 saturated carbocycles. The van der Waals surface area contributed by atoms with Crippen LogP contribution in [0.3, 0.4) is 0 Å². The van der Waals surface area contributed by atoms with Crippen molar-refractivity contribution in [2.45, 2.75) is 19.5 Å². The third kappa shape index (κ3) is 2.74. The highest BCUT2D eigenvalue weighted by Crippen LogP contribution is 2.17. The lowest BCUT2D eigenvalue weighted by Gasteiger charge is -2.15. The monoisotopic (exact) mass is 251 g/mol. The van der Waals surface area contributed by atoms with Crippen molar-refractivity contribution >= 4 is 11.3 Å². The summed E-state index contributed by atoms with van der Waals surface area (Å²) >= 11 is 1.72. The molecule has 0 aliphatic carbocycles. The quantitative estimate of drug-likeness (QED) is 0.849. The summed E-state index contributed by atoms with van der Waals surface area (Å²) in [6, 6.07) is 4.07. The molecule has 0 fully saturated rings. The number of aliphatic hydroxyl groups is 1. The number of rotatable bonds is 5. The molecule has 0 bridgehead atoms. The summed E-state index contributed by atoms with van der Waals surface area (Å²) in [5.74, 6) is 0. The van der Waals surface area contributed by atoms with Gasteiger partial charge in [-0.3, -0.25) is 4.68 Å². The van der Waals surface area contributed by atoms with Crippen LogP contribution in [-0.2, 0) is 13.6 Å². The minimum Gasteiger partial charge on any atom is -0.394 e. The maximum atomic E-state index is 9.45. The largest absolute Gasteiger partial charge is 0.394 e. The molecular weight excluding hydrogens is 234 g/mol. The molecule has 1 atom stereocenters. The molecule has 17 heavy (non-hydrogen) atoms. The van der Waals surface area contributed by atoms with E-state index >= 15 is 0 Å². The first-order valence-electron chi connectivity index (χ1n) is 5.57. The Kier molecular flexibility index (Phi) is 3.93. The SMILES string of the molecule is Cc1c(C(CO)NCc2cccs2)cnn1C. The third-order valence-corrected chi connectivity index (χ3v) is 3.81. The number of hydrogen-bond donors (Lipinski definition) is 2. The van der Waals surface area contributed by atoms with Crippen molar-refractivity contribution < 1.29 is 5.11 Å². The van der Waals surface area contributed by atoms with Crippen molar-refractivity contribution in [2.75, 3.05) is 6.61 Å². The molecule has 0 aliphatic heterocycles. The lowest BCUT2D eigenvalue weighted by atomic mass is 10.1. The molecule has 0 aliphatic rings. The molecule has 0 radical (unpaired) electrons. The molecular formula is C12H17N3OS. The van der Waals surface area contributed by atoms with Crippen LogP contribution in [-0.4, -0.2) is 21.5 Å². The smallest absolute Gasteiger partial charge is 0.0627 e. The molecule has 2 heterocycles. The van der Waals surface area contributed by atoms with Crippen LogP contribution < -0.4 is 5.32 Å². The molecule has 4 nitrogen and oxygen atoms in total. The molecule has 0 aromatic carbocycles. The van der Waals surface area contributed by atoms with Crippen LogP contribution in [0.15, 0.2) is 23.7 Å². The van der Waals surface area contributed by atoms with Gasteiger partial charge in [0.2, 0.25) is 0 Å². The van der Waals surface area contributed by atoms with E-state index in [2.05, 4.69) is 21.9 Å². The Labute approximate surface area is 105 Å². The molecule has 2 N–H and O–H groups in total. The van der Waals surface area contributed by atoms with Gasteiger partial charge in [-0.25, -0.2) is 0 Å². The second-order valence-electron chi connectivity index (χ2n) is 4.00. The Morgan fingerprint density at radius 3 is 2.94 bits per heavy atom. The summed E-state index contributed by atoms with van der Waals surface area (Å²) in [5, 5.41) is 19.0. The van der Waals surface area contributed by atoms with E-state index in [0.29, 0.717) is 0 Å². The van der Waals surface area contributed by atoms with Gasteiger partial charge in [-0.2, -0.15) is 5.10 Å². The van der Waals surface area contributed by atoms with Crippen molar-refractivity contribution in [3.8, 4) is 0 Å². The number of aliphatic hydroxyl groups excluding tert-OH is 1. The highest BCUT2D eigenvalue weighted by Gasteiger charge is 2.15. The number of aromatic nitrogens is 2. The van der Waals surface area contributed by atoms with Crippen LogP contribution >= 0.6 is 11.3 Å². The maximum Gasteiger partial charge on any atom is 0.0627 e. The van der Waals surface area contributed by atoms with Gasteiger partial charge < -0.3 is 10.4 Å². The molecule has 1 unspecified atom stereocenters. The van der Waals surface area contributed by atoms with Gasteiger partial charge in [-0.15, -0.1) is 11.3 Å². The van der Waals surface area contributed by atoms with Crippen LogP contribution in [0.1, 0.15) is 22.2 Å². The van der Waals surface area contributed by atoms with Crippen molar-refractivity contribution in [3.05, 3.63) is 39.8 Å². The summed E-state index contributed by atoms with van der Waals surface area (Å²) in [6.07, 6.45) is 1.82. The van der Waals surface area contributed by atoms with E-state index in [9.17, 15) is 5.11 Å². The van der Waals surface area contributed by atoms with E-state index in [-0.39, 0.29) is 12.6 Å². The van der Waals surface area contributed by atoms with Gasteiger partial charge in [0, 0.05) is 29.7 Å². The average molecular weight is 251 g/mol. The molecule has 0 spiro atoms. The summed E-state index contributed by atoms with van der Waals surface area (Å²) < 4.78 is 1.82. The number of nitrogens with zero attached hydrogens (tertiary/aromatic N) is 2. The molecule has 2 aromatic rings. The molecule has 2 aromatic heterocycles. The summed E-state index contributed by atoms with van der Waals surface area (Å²) in [4.78, 5) is 1.27. The van der Waals surface area contributed by atoms with E-state index in [1.807, 2.05) is 30.9 Å². The van der Waals surface area contributed by atoms with Gasteiger partial charge in [0.25, 0.3) is 0 Å². The molecule has 2 rings (SSSR count). The predicted molar refractivity (Wildman–Crippen MR) is 68.9 cm³/mol. The Morgan fingerprint density at radius 1 is 1.59 bits per heavy atom. The van der Waals surface area contributed by atoms with Crippen LogP contribution in [0.2, 0.25) is 0 Å². The normalized spacial score (nSPS) is 12.9. The van der Waals surface area contributed by atoms with E-state index in [1.165, 1.54) is 4.88 Å². The predicted octanol–water partition coefficient (Wildman–Crippen LogP) is 1.61. The average Bonchev–Trinajstić information content (AvgIpc) is 2.94. The highest BCUT2D eigenvalue weighted by atomic mass is 32.1. The van der Waals surface area contributed by atoms with E-state index in [4.69, 9.17) is 0 Å². The van der Waals surface area contributed by atoms with Crippen LogP contribution in [0.5, 0.6) is 0 Å². The Hall–Kier alpha value is -1.17. The first-order chi connectivity index (χ1) is 8.22. The van der Waals surface area contributed by atoms with E-state index in [1.54, 1.807) is 11.3 Å². The van der Waals surface area contributed by atoms with Crippen LogP contribution in [0, 0.1) is 6.92 Å². The molecule has 0 saturated heterocycles. The molecule has 0 amide bonds. The summed E-state index contributed by atoms with van der Waals surface area (Å²) in [7, 11) is 1.91. The zero-order valence-electron chi connectivity index (χ0n) is 10.1. The van der Waals surface area contributed by atoms with Crippen molar-refractivity contribution in [2.24, 2.45) is 7.05 Å². The van der Waals surface area contributed by atoms with Crippen molar-refractivity contribution in [1.29, 1.82) is 0 Å². The molecule has 5 heteroatoms. The Balaban J connectivity index is 2.04. The summed E-state index contributed by atoms with van der Waals surface area (Å²) in [5.41, 5.74) is 2.15. The lowest BCUT2D eigenvalue weighted by molar-refractivity contribution is 0.243. The minimum absolute atomic E-state index is 0.0502. The Morgan fingerprint density at radius 2 is 2.41 bits per heavy atom. The fraction of sp³-hybridized carbons (Fsp3) is 0.417. The Bertz CT molecular complexity index is 464. The van der Waals surface area contributed by atoms with Gasteiger partial charge in [0.15, 0.2) is 0 Å². The maximum absolute atomic E-state index is 9.45. The number of hydrogen-bond acceptors (Lipinski definition) is 4.